The topological polar surface area (TPSA) is 66.8 Å². The van der Waals surface area contributed by atoms with Gasteiger partial charge in [-0.2, -0.15) is 0 Å². The van der Waals surface area contributed by atoms with Crippen LogP contribution in [0, 0.1) is 0 Å². The normalized spacial score (nSPS) is 11.4. The number of carbonyl (C=O) groups is 2. The number of benzene rings is 2. The second kappa shape index (κ2) is 7.87. The lowest BCUT2D eigenvalue weighted by Gasteiger charge is -2.33. The number of hydrogen-bond acceptors (Lipinski definition) is 3. The summed E-state index contributed by atoms with van der Waals surface area (Å²) in [6.07, 6.45) is 3.60. The van der Waals surface area contributed by atoms with Crippen LogP contribution in [0.4, 0.5) is 10.5 Å². The molecule has 0 saturated carbocycles. The van der Waals surface area contributed by atoms with Gasteiger partial charge in [0.2, 0.25) is 0 Å². The number of rotatable bonds is 5. The van der Waals surface area contributed by atoms with Gasteiger partial charge in [0.15, 0.2) is 6.29 Å². The second-order valence-corrected chi connectivity index (χ2v) is 6.83. The number of nitrogens with zero attached hydrogens (tertiary/aromatic N) is 1. The Hall–Kier alpha value is -3.08. The number of aldehydes is 1. The Bertz CT molecular complexity index is 817. The number of carbonyl (C=O) groups excluding carboxylic acids is 1. The van der Waals surface area contributed by atoms with Crippen molar-refractivity contribution in [3.8, 4) is 5.75 Å². The number of carboxylic acid groups (broad SMARTS) is 1. The quantitative estimate of drug-likeness (QED) is 0.609. The van der Waals surface area contributed by atoms with E-state index in [2.05, 4.69) is 0 Å². The van der Waals surface area contributed by atoms with Crippen LogP contribution in [0.25, 0.3) is 12.2 Å². The molecule has 0 aliphatic heterocycles. The van der Waals surface area contributed by atoms with Gasteiger partial charge in [-0.15, -0.1) is 0 Å². The van der Waals surface area contributed by atoms with Crippen molar-refractivity contribution in [3.05, 3.63) is 59.2 Å². The molecule has 0 heterocycles. The highest BCUT2D eigenvalue weighted by molar-refractivity contribution is 5.88. The molecule has 0 unspecified atom stereocenters. The standard InChI is InChI=1S/C21H23NO4/c1-21(2,3)22(20(24)25)18-11-8-15(9-12-18)5-6-16-7-10-17(14-23)19(13-16)26-4/h5-14H,1-4H3,(H,24,25). The van der Waals surface area contributed by atoms with E-state index in [1.54, 1.807) is 24.3 Å². The molecule has 0 atom stereocenters. The van der Waals surface area contributed by atoms with Crippen LogP contribution < -0.4 is 9.64 Å². The fourth-order valence-corrected chi connectivity index (χ4v) is 2.64. The van der Waals surface area contributed by atoms with Gasteiger partial charge in [-0.3, -0.25) is 9.69 Å². The van der Waals surface area contributed by atoms with E-state index in [0.717, 1.165) is 17.4 Å². The lowest BCUT2D eigenvalue weighted by Crippen LogP contribution is -2.45. The Morgan fingerprint density at radius 2 is 1.62 bits per heavy atom. The monoisotopic (exact) mass is 353 g/mol. The van der Waals surface area contributed by atoms with Crippen molar-refractivity contribution in [2.75, 3.05) is 12.0 Å². The van der Waals surface area contributed by atoms with Crippen molar-refractivity contribution in [2.24, 2.45) is 0 Å². The Kier molecular flexibility index (Phi) is 5.82. The van der Waals surface area contributed by atoms with Gasteiger partial charge in [0.05, 0.1) is 12.7 Å². The first-order chi connectivity index (χ1) is 12.3. The molecule has 1 amide bonds. The smallest absolute Gasteiger partial charge is 0.412 e. The molecule has 136 valence electrons. The minimum atomic E-state index is -0.983. The van der Waals surface area contributed by atoms with Gasteiger partial charge in [0, 0.05) is 11.2 Å². The van der Waals surface area contributed by atoms with E-state index in [1.807, 2.05) is 51.1 Å². The first kappa shape index (κ1) is 19.2. The third kappa shape index (κ3) is 4.51. The fraction of sp³-hybridized carbons (Fsp3) is 0.238. The number of methoxy groups -OCH3 is 1. The second-order valence-electron chi connectivity index (χ2n) is 6.83. The zero-order valence-corrected chi connectivity index (χ0v) is 15.4. The summed E-state index contributed by atoms with van der Waals surface area (Å²) in [6.45, 7) is 5.56. The molecule has 26 heavy (non-hydrogen) atoms. The molecule has 0 saturated heterocycles. The van der Waals surface area contributed by atoms with Crippen LogP contribution in [0.15, 0.2) is 42.5 Å². The number of anilines is 1. The van der Waals surface area contributed by atoms with Crippen LogP contribution >= 0.6 is 0 Å². The van der Waals surface area contributed by atoms with Gasteiger partial charge in [-0.05, 0) is 56.2 Å². The minimum Gasteiger partial charge on any atom is -0.496 e. The molecule has 0 bridgehead atoms. The molecule has 1 N–H and O–H groups in total. The van der Waals surface area contributed by atoms with Crippen molar-refractivity contribution >= 4 is 30.2 Å². The molecule has 0 radical (unpaired) electrons. The highest BCUT2D eigenvalue weighted by Crippen LogP contribution is 2.25. The SMILES string of the molecule is COc1cc(C=Cc2ccc(N(C(=O)O)C(C)(C)C)cc2)ccc1C=O. The lowest BCUT2D eigenvalue weighted by atomic mass is 10.0. The summed E-state index contributed by atoms with van der Waals surface area (Å²) in [5.74, 6) is 0.528. The van der Waals surface area contributed by atoms with E-state index in [9.17, 15) is 14.7 Å². The summed E-state index contributed by atoms with van der Waals surface area (Å²) in [5, 5.41) is 9.45. The van der Waals surface area contributed by atoms with Crippen LogP contribution in [0.2, 0.25) is 0 Å². The Balaban J connectivity index is 2.22. The molecule has 2 aromatic rings. The van der Waals surface area contributed by atoms with Gasteiger partial charge >= 0.3 is 6.09 Å². The number of amides is 1. The van der Waals surface area contributed by atoms with E-state index < -0.39 is 11.6 Å². The molecule has 0 aliphatic carbocycles. The molecule has 0 aliphatic rings. The van der Waals surface area contributed by atoms with Crippen LogP contribution in [-0.4, -0.2) is 30.1 Å². The van der Waals surface area contributed by atoms with Gasteiger partial charge in [-0.1, -0.05) is 30.4 Å². The molecule has 2 aromatic carbocycles. The predicted molar refractivity (Wildman–Crippen MR) is 104 cm³/mol. The van der Waals surface area contributed by atoms with Crippen LogP contribution in [0.1, 0.15) is 42.3 Å². The number of ether oxygens (including phenoxy) is 1. The minimum absolute atomic E-state index is 0.505. The first-order valence-electron chi connectivity index (χ1n) is 8.21. The van der Waals surface area contributed by atoms with Crippen molar-refractivity contribution in [1.29, 1.82) is 0 Å². The van der Waals surface area contributed by atoms with E-state index in [1.165, 1.54) is 12.0 Å². The van der Waals surface area contributed by atoms with E-state index in [0.29, 0.717) is 17.0 Å². The summed E-state index contributed by atoms with van der Waals surface area (Å²) in [7, 11) is 1.53. The highest BCUT2D eigenvalue weighted by Gasteiger charge is 2.27. The third-order valence-electron chi connectivity index (χ3n) is 3.87. The maximum atomic E-state index is 11.5. The summed E-state index contributed by atoms with van der Waals surface area (Å²) in [5.41, 5.74) is 2.44. The average molecular weight is 353 g/mol. The van der Waals surface area contributed by atoms with E-state index in [-0.39, 0.29) is 0 Å². The maximum absolute atomic E-state index is 11.5. The summed E-state index contributed by atoms with van der Waals surface area (Å²) in [6, 6.07) is 12.6. The maximum Gasteiger partial charge on any atom is 0.412 e. The van der Waals surface area contributed by atoms with Crippen molar-refractivity contribution in [2.45, 2.75) is 26.3 Å². The van der Waals surface area contributed by atoms with E-state index >= 15 is 0 Å². The van der Waals surface area contributed by atoms with Crippen molar-refractivity contribution < 1.29 is 19.4 Å². The van der Waals surface area contributed by atoms with Crippen LogP contribution in [-0.2, 0) is 0 Å². The molecule has 0 spiro atoms. The molecule has 5 nitrogen and oxygen atoms in total. The van der Waals surface area contributed by atoms with E-state index in [4.69, 9.17) is 4.74 Å². The Morgan fingerprint density at radius 3 is 2.12 bits per heavy atom. The van der Waals surface area contributed by atoms with Crippen molar-refractivity contribution in [3.63, 3.8) is 0 Å². The summed E-state index contributed by atoms with van der Waals surface area (Å²) >= 11 is 0. The average Bonchev–Trinajstić information content (AvgIpc) is 2.59. The Morgan fingerprint density at radius 1 is 1.04 bits per heavy atom. The Labute approximate surface area is 153 Å². The highest BCUT2D eigenvalue weighted by atomic mass is 16.5. The third-order valence-corrected chi connectivity index (χ3v) is 3.87. The molecular formula is C21H23NO4. The predicted octanol–water partition coefficient (Wildman–Crippen LogP) is 4.96. The van der Waals surface area contributed by atoms with Gasteiger partial charge in [0.1, 0.15) is 5.75 Å². The van der Waals surface area contributed by atoms with Gasteiger partial charge < -0.3 is 9.84 Å². The van der Waals surface area contributed by atoms with Gasteiger partial charge in [0.25, 0.3) is 0 Å². The van der Waals surface area contributed by atoms with Crippen LogP contribution in [0.5, 0.6) is 5.75 Å². The zero-order valence-electron chi connectivity index (χ0n) is 15.4. The summed E-state index contributed by atoms with van der Waals surface area (Å²) < 4.78 is 5.20. The largest absolute Gasteiger partial charge is 0.496 e. The number of hydrogen-bond donors (Lipinski definition) is 1. The van der Waals surface area contributed by atoms with Crippen molar-refractivity contribution in [1.82, 2.24) is 0 Å². The zero-order chi connectivity index (χ0) is 19.3. The summed E-state index contributed by atoms with van der Waals surface area (Å²) in [4.78, 5) is 23.8. The molecule has 2 rings (SSSR count). The molecule has 0 fully saturated rings. The first-order valence-corrected chi connectivity index (χ1v) is 8.21. The fourth-order valence-electron chi connectivity index (χ4n) is 2.64. The molecule has 5 heteroatoms. The lowest BCUT2D eigenvalue weighted by molar-refractivity contribution is 0.112. The van der Waals surface area contributed by atoms with Gasteiger partial charge in [-0.25, -0.2) is 4.79 Å². The molecular weight excluding hydrogens is 330 g/mol. The molecule has 0 aromatic heterocycles. The van der Waals surface area contributed by atoms with Crippen LogP contribution in [0.3, 0.4) is 0 Å².